The van der Waals surface area contributed by atoms with Gasteiger partial charge in [0.2, 0.25) is 10.0 Å². The Morgan fingerprint density at radius 2 is 1.73 bits per heavy atom. The van der Waals surface area contributed by atoms with Gasteiger partial charge in [0.15, 0.2) is 12.4 Å². The number of nitrogens with zero attached hydrogens (tertiary/aromatic N) is 1. The number of hydrogen-bond donors (Lipinski definition) is 2. The van der Waals surface area contributed by atoms with Crippen molar-refractivity contribution in [2.75, 3.05) is 6.61 Å². The molecule has 0 unspecified atom stereocenters. The number of sulfonamides is 1. The van der Waals surface area contributed by atoms with E-state index in [9.17, 15) is 21.6 Å². The minimum absolute atomic E-state index is 0.0199. The Hall–Kier alpha value is -3.81. The van der Waals surface area contributed by atoms with Crippen LogP contribution in [0.3, 0.4) is 0 Å². The van der Waals surface area contributed by atoms with E-state index >= 15 is 0 Å². The Morgan fingerprint density at radius 3 is 2.42 bits per heavy atom. The molecule has 0 spiro atoms. The predicted molar refractivity (Wildman–Crippen MR) is 117 cm³/mol. The average Bonchev–Trinajstić information content (AvgIpc) is 3.18. The van der Waals surface area contributed by atoms with Crippen molar-refractivity contribution in [3.05, 3.63) is 78.1 Å². The second-order valence-electron chi connectivity index (χ2n) is 7.04. The number of nitrogens with one attached hydrogen (secondary N) is 1. The van der Waals surface area contributed by atoms with Crippen LogP contribution in [-0.4, -0.2) is 31.2 Å². The van der Waals surface area contributed by atoms with E-state index in [0.29, 0.717) is 33.5 Å². The standard InChI is InChI=1S/C23H16F3N3O3S/c24-23(25,26)14-32-17-9-5-15(6-10-17)7-12-22-28-19-11-8-16(13-20(19)29-22)18-3-1-2-4-21(18)33(27,30)31/h1-6,8-11,13H,14H2,(H,28,29)(H2,27,30,31). The van der Waals surface area contributed by atoms with E-state index < -0.39 is 22.8 Å². The second kappa shape index (κ2) is 8.61. The molecule has 0 radical (unpaired) electrons. The topological polar surface area (TPSA) is 98.1 Å². The summed E-state index contributed by atoms with van der Waals surface area (Å²) in [4.78, 5) is 7.47. The quantitative estimate of drug-likeness (QED) is 0.436. The van der Waals surface area contributed by atoms with Gasteiger partial charge in [0.25, 0.3) is 0 Å². The summed E-state index contributed by atoms with van der Waals surface area (Å²) in [5.74, 6) is 6.21. The molecule has 1 heterocycles. The van der Waals surface area contributed by atoms with Crippen molar-refractivity contribution in [2.24, 2.45) is 5.14 Å². The first-order valence-corrected chi connectivity index (χ1v) is 11.1. The van der Waals surface area contributed by atoms with Crippen LogP contribution in [0.5, 0.6) is 5.75 Å². The predicted octanol–water partition coefficient (Wildman–Crippen LogP) is 4.22. The molecule has 33 heavy (non-hydrogen) atoms. The zero-order valence-corrected chi connectivity index (χ0v) is 17.7. The number of rotatable bonds is 4. The molecule has 168 valence electrons. The first-order valence-electron chi connectivity index (χ1n) is 9.52. The van der Waals surface area contributed by atoms with E-state index in [1.54, 1.807) is 48.5 Å². The fourth-order valence-corrected chi connectivity index (χ4v) is 3.88. The number of H-pyrrole nitrogens is 1. The summed E-state index contributed by atoms with van der Waals surface area (Å²) < 4.78 is 65.1. The molecule has 0 atom stereocenters. The molecule has 1 aromatic heterocycles. The molecule has 0 aliphatic carbocycles. The molecule has 10 heteroatoms. The van der Waals surface area contributed by atoms with Crippen molar-refractivity contribution >= 4 is 21.1 Å². The summed E-state index contributed by atoms with van der Waals surface area (Å²) in [7, 11) is -3.90. The first kappa shape index (κ1) is 22.4. The van der Waals surface area contributed by atoms with Gasteiger partial charge in [-0.05, 0) is 53.9 Å². The van der Waals surface area contributed by atoms with Crippen LogP contribution in [0.1, 0.15) is 11.4 Å². The van der Waals surface area contributed by atoms with Crippen LogP contribution >= 0.6 is 0 Å². The van der Waals surface area contributed by atoms with Gasteiger partial charge < -0.3 is 9.72 Å². The number of imidazole rings is 1. The first-order chi connectivity index (χ1) is 15.6. The highest BCUT2D eigenvalue weighted by Gasteiger charge is 2.28. The summed E-state index contributed by atoms with van der Waals surface area (Å²) in [5, 5.41) is 5.33. The normalized spacial score (nSPS) is 11.8. The van der Waals surface area contributed by atoms with E-state index in [4.69, 9.17) is 5.14 Å². The molecule has 0 aliphatic heterocycles. The Balaban J connectivity index is 1.57. The number of benzene rings is 3. The SMILES string of the molecule is NS(=O)(=O)c1ccccc1-c1ccc2nc(C#Cc3ccc(OCC(F)(F)F)cc3)[nH]c2c1. The third-order valence-electron chi connectivity index (χ3n) is 4.57. The van der Waals surface area contributed by atoms with Crippen LogP contribution in [0.4, 0.5) is 13.2 Å². The van der Waals surface area contributed by atoms with E-state index in [0.717, 1.165) is 0 Å². The van der Waals surface area contributed by atoms with Crippen LogP contribution in [0.25, 0.3) is 22.2 Å². The van der Waals surface area contributed by atoms with Crippen molar-refractivity contribution < 1.29 is 26.3 Å². The molecule has 4 rings (SSSR count). The van der Waals surface area contributed by atoms with Gasteiger partial charge in [0.1, 0.15) is 5.75 Å². The van der Waals surface area contributed by atoms with Crippen molar-refractivity contribution in [3.8, 4) is 28.7 Å². The Bertz CT molecular complexity index is 1480. The highest BCUT2D eigenvalue weighted by Crippen LogP contribution is 2.28. The number of primary sulfonamides is 1. The maximum Gasteiger partial charge on any atom is 0.422 e. The molecule has 0 amide bonds. The number of hydrogen-bond acceptors (Lipinski definition) is 4. The van der Waals surface area contributed by atoms with Gasteiger partial charge in [0.05, 0.1) is 15.9 Å². The summed E-state index contributed by atoms with van der Waals surface area (Å²) in [6.07, 6.45) is -4.40. The number of aromatic amines is 1. The van der Waals surface area contributed by atoms with E-state index in [1.807, 2.05) is 0 Å². The fraction of sp³-hybridized carbons (Fsp3) is 0.0870. The van der Waals surface area contributed by atoms with Gasteiger partial charge in [-0.3, -0.25) is 0 Å². The minimum Gasteiger partial charge on any atom is -0.484 e. The molecular formula is C23H16F3N3O3S. The molecule has 3 aromatic carbocycles. The summed E-state index contributed by atoms with van der Waals surface area (Å²) >= 11 is 0. The molecule has 0 saturated heterocycles. The zero-order chi connectivity index (χ0) is 23.6. The van der Waals surface area contributed by atoms with Gasteiger partial charge in [0, 0.05) is 11.1 Å². The third-order valence-corrected chi connectivity index (χ3v) is 5.54. The number of nitrogens with two attached hydrogens (primary N) is 1. The smallest absolute Gasteiger partial charge is 0.422 e. The van der Waals surface area contributed by atoms with Crippen LogP contribution in [-0.2, 0) is 10.0 Å². The van der Waals surface area contributed by atoms with Crippen LogP contribution in [0, 0.1) is 11.8 Å². The van der Waals surface area contributed by atoms with Crippen molar-refractivity contribution in [2.45, 2.75) is 11.1 Å². The Morgan fingerprint density at radius 1 is 1.00 bits per heavy atom. The van der Waals surface area contributed by atoms with Crippen LogP contribution in [0.15, 0.2) is 71.6 Å². The molecule has 0 bridgehead atoms. The van der Waals surface area contributed by atoms with E-state index in [1.165, 1.54) is 18.2 Å². The van der Waals surface area contributed by atoms with Gasteiger partial charge in [-0.1, -0.05) is 30.2 Å². The monoisotopic (exact) mass is 471 g/mol. The summed E-state index contributed by atoms with van der Waals surface area (Å²) in [6, 6.07) is 17.6. The maximum absolute atomic E-state index is 12.2. The van der Waals surface area contributed by atoms with Gasteiger partial charge >= 0.3 is 6.18 Å². The molecule has 4 aromatic rings. The summed E-state index contributed by atoms with van der Waals surface area (Å²) in [6.45, 7) is -1.36. The molecule has 0 fully saturated rings. The second-order valence-corrected chi connectivity index (χ2v) is 8.57. The largest absolute Gasteiger partial charge is 0.484 e. The molecular weight excluding hydrogens is 455 g/mol. The summed E-state index contributed by atoms with van der Waals surface area (Å²) in [5.41, 5.74) is 2.96. The number of aromatic nitrogens is 2. The van der Waals surface area contributed by atoms with Gasteiger partial charge in [-0.2, -0.15) is 13.2 Å². The van der Waals surface area contributed by atoms with E-state index in [2.05, 4.69) is 26.5 Å². The van der Waals surface area contributed by atoms with Crippen molar-refractivity contribution in [3.63, 3.8) is 0 Å². The molecule has 3 N–H and O–H groups in total. The maximum atomic E-state index is 12.2. The number of alkyl halides is 3. The lowest BCUT2D eigenvalue weighted by Crippen LogP contribution is -2.19. The Labute approximate surface area is 187 Å². The molecule has 0 saturated carbocycles. The molecule has 0 aliphatic rings. The van der Waals surface area contributed by atoms with Crippen LogP contribution in [0.2, 0.25) is 0 Å². The lowest BCUT2D eigenvalue weighted by molar-refractivity contribution is -0.153. The van der Waals surface area contributed by atoms with E-state index in [-0.39, 0.29) is 10.6 Å². The van der Waals surface area contributed by atoms with Crippen LogP contribution < -0.4 is 9.88 Å². The average molecular weight is 471 g/mol. The number of ether oxygens (including phenoxy) is 1. The third kappa shape index (κ3) is 5.52. The Kier molecular flexibility index (Phi) is 5.84. The van der Waals surface area contributed by atoms with Gasteiger partial charge in [-0.25, -0.2) is 18.5 Å². The lowest BCUT2D eigenvalue weighted by Gasteiger charge is -2.08. The van der Waals surface area contributed by atoms with Crippen molar-refractivity contribution in [1.29, 1.82) is 0 Å². The number of halogens is 3. The minimum atomic E-state index is -4.40. The lowest BCUT2D eigenvalue weighted by atomic mass is 10.1. The highest BCUT2D eigenvalue weighted by molar-refractivity contribution is 7.89. The van der Waals surface area contributed by atoms with Crippen molar-refractivity contribution in [1.82, 2.24) is 9.97 Å². The number of fused-ring (bicyclic) bond motifs is 1. The molecule has 6 nitrogen and oxygen atoms in total. The van der Waals surface area contributed by atoms with Gasteiger partial charge in [-0.15, -0.1) is 0 Å². The highest BCUT2D eigenvalue weighted by atomic mass is 32.2. The zero-order valence-electron chi connectivity index (χ0n) is 16.8. The fourth-order valence-electron chi connectivity index (χ4n) is 3.12.